The number of aliphatic hydroxyl groups is 1. The Kier molecular flexibility index (Phi) is 8.83. The van der Waals surface area contributed by atoms with E-state index in [9.17, 15) is 0 Å². The van der Waals surface area contributed by atoms with E-state index in [1.807, 2.05) is 19.1 Å². The SMILES string of the molecule is CCCNCc1ccc(OCCCCO)c(OCC)c1. The van der Waals surface area contributed by atoms with Crippen LogP contribution in [0.25, 0.3) is 0 Å². The smallest absolute Gasteiger partial charge is 0.161 e. The topological polar surface area (TPSA) is 50.7 Å². The Morgan fingerprint density at radius 1 is 1.10 bits per heavy atom. The second kappa shape index (κ2) is 10.5. The van der Waals surface area contributed by atoms with Crippen molar-refractivity contribution in [2.45, 2.75) is 39.7 Å². The molecule has 4 nitrogen and oxygen atoms in total. The van der Waals surface area contributed by atoms with Gasteiger partial charge in [-0.05, 0) is 50.4 Å². The maximum absolute atomic E-state index is 8.75. The molecule has 0 saturated heterocycles. The van der Waals surface area contributed by atoms with Gasteiger partial charge in [-0.2, -0.15) is 0 Å². The van der Waals surface area contributed by atoms with E-state index < -0.39 is 0 Å². The van der Waals surface area contributed by atoms with Crippen molar-refractivity contribution in [1.82, 2.24) is 5.32 Å². The summed E-state index contributed by atoms with van der Waals surface area (Å²) in [4.78, 5) is 0. The third kappa shape index (κ3) is 6.26. The third-order valence-electron chi connectivity index (χ3n) is 2.87. The first-order valence-corrected chi connectivity index (χ1v) is 7.51. The van der Waals surface area contributed by atoms with E-state index in [1.165, 1.54) is 5.56 Å². The number of rotatable bonds is 11. The van der Waals surface area contributed by atoms with Gasteiger partial charge < -0.3 is 19.9 Å². The van der Waals surface area contributed by atoms with Gasteiger partial charge in [-0.25, -0.2) is 0 Å². The number of unbranched alkanes of at least 4 members (excludes halogenated alkanes) is 1. The number of aliphatic hydroxyl groups excluding tert-OH is 1. The lowest BCUT2D eigenvalue weighted by atomic mass is 10.2. The molecule has 1 rings (SSSR count). The zero-order chi connectivity index (χ0) is 14.6. The van der Waals surface area contributed by atoms with Gasteiger partial charge in [-0.1, -0.05) is 13.0 Å². The van der Waals surface area contributed by atoms with Gasteiger partial charge in [0.05, 0.1) is 13.2 Å². The van der Waals surface area contributed by atoms with Crippen LogP contribution in [0.4, 0.5) is 0 Å². The van der Waals surface area contributed by atoms with E-state index in [2.05, 4.69) is 18.3 Å². The zero-order valence-corrected chi connectivity index (χ0v) is 12.7. The number of hydrogen-bond donors (Lipinski definition) is 2. The van der Waals surface area contributed by atoms with Crippen molar-refractivity contribution in [2.75, 3.05) is 26.4 Å². The molecule has 4 heteroatoms. The minimum atomic E-state index is 0.212. The highest BCUT2D eigenvalue weighted by Crippen LogP contribution is 2.28. The van der Waals surface area contributed by atoms with Crippen LogP contribution in [0.5, 0.6) is 11.5 Å². The molecule has 0 amide bonds. The highest BCUT2D eigenvalue weighted by molar-refractivity contribution is 5.43. The van der Waals surface area contributed by atoms with Crippen molar-refractivity contribution in [2.24, 2.45) is 0 Å². The molecule has 1 aromatic rings. The van der Waals surface area contributed by atoms with Gasteiger partial charge in [0, 0.05) is 13.2 Å². The summed E-state index contributed by atoms with van der Waals surface area (Å²) in [5.74, 6) is 1.58. The Balaban J connectivity index is 2.58. The quantitative estimate of drug-likeness (QED) is 0.612. The van der Waals surface area contributed by atoms with E-state index in [0.29, 0.717) is 13.2 Å². The minimum Gasteiger partial charge on any atom is -0.490 e. The summed E-state index contributed by atoms with van der Waals surface area (Å²) in [7, 11) is 0. The van der Waals surface area contributed by atoms with Gasteiger partial charge in [0.25, 0.3) is 0 Å². The summed E-state index contributed by atoms with van der Waals surface area (Å²) in [5, 5.41) is 12.1. The van der Waals surface area contributed by atoms with E-state index in [-0.39, 0.29) is 6.61 Å². The van der Waals surface area contributed by atoms with Gasteiger partial charge >= 0.3 is 0 Å². The fourth-order valence-corrected chi connectivity index (χ4v) is 1.86. The maximum atomic E-state index is 8.75. The molecular formula is C16H27NO3. The monoisotopic (exact) mass is 281 g/mol. The normalized spacial score (nSPS) is 10.6. The molecule has 20 heavy (non-hydrogen) atoms. The van der Waals surface area contributed by atoms with E-state index in [0.717, 1.165) is 43.9 Å². The molecule has 2 N–H and O–H groups in total. The van der Waals surface area contributed by atoms with E-state index in [4.69, 9.17) is 14.6 Å². The Morgan fingerprint density at radius 2 is 1.95 bits per heavy atom. The first-order valence-electron chi connectivity index (χ1n) is 7.51. The standard InChI is InChI=1S/C16H27NO3/c1-3-9-17-13-14-7-8-15(16(12-14)19-4-2)20-11-6-5-10-18/h7-8,12,17-18H,3-6,9-11,13H2,1-2H3. The van der Waals surface area contributed by atoms with Crippen molar-refractivity contribution in [3.05, 3.63) is 23.8 Å². The average molecular weight is 281 g/mol. The lowest BCUT2D eigenvalue weighted by molar-refractivity contribution is 0.243. The summed E-state index contributed by atoms with van der Waals surface area (Å²) in [6.07, 6.45) is 2.75. The van der Waals surface area contributed by atoms with E-state index >= 15 is 0 Å². The van der Waals surface area contributed by atoms with Crippen LogP contribution in [0.3, 0.4) is 0 Å². The summed E-state index contributed by atoms with van der Waals surface area (Å²) in [6.45, 7) is 7.43. The second-order valence-corrected chi connectivity index (χ2v) is 4.67. The molecule has 0 aliphatic rings. The van der Waals surface area contributed by atoms with E-state index in [1.54, 1.807) is 0 Å². The first-order chi connectivity index (χ1) is 9.81. The van der Waals surface area contributed by atoms with Crippen LogP contribution in [-0.2, 0) is 6.54 Å². The van der Waals surface area contributed by atoms with Crippen LogP contribution in [0.1, 0.15) is 38.7 Å². The van der Waals surface area contributed by atoms with Crippen molar-refractivity contribution in [1.29, 1.82) is 0 Å². The summed E-state index contributed by atoms with van der Waals surface area (Å²) >= 11 is 0. The number of benzene rings is 1. The molecule has 0 unspecified atom stereocenters. The molecule has 0 fully saturated rings. The molecule has 114 valence electrons. The zero-order valence-electron chi connectivity index (χ0n) is 12.7. The van der Waals surface area contributed by atoms with Crippen molar-refractivity contribution in [3.63, 3.8) is 0 Å². The largest absolute Gasteiger partial charge is 0.490 e. The highest BCUT2D eigenvalue weighted by Gasteiger charge is 2.06. The summed E-state index contributed by atoms with van der Waals surface area (Å²) < 4.78 is 11.4. The third-order valence-corrected chi connectivity index (χ3v) is 2.87. The van der Waals surface area contributed by atoms with Crippen LogP contribution >= 0.6 is 0 Å². The van der Waals surface area contributed by atoms with Crippen molar-refractivity contribution >= 4 is 0 Å². The van der Waals surface area contributed by atoms with Crippen LogP contribution in [0.15, 0.2) is 18.2 Å². The Hall–Kier alpha value is -1.26. The number of hydrogen-bond acceptors (Lipinski definition) is 4. The fourth-order valence-electron chi connectivity index (χ4n) is 1.86. The predicted octanol–water partition coefficient (Wildman–Crippen LogP) is 2.74. The minimum absolute atomic E-state index is 0.212. The van der Waals surface area contributed by atoms with Gasteiger partial charge in [0.2, 0.25) is 0 Å². The molecule has 0 aromatic heterocycles. The summed E-state index contributed by atoms with van der Waals surface area (Å²) in [6, 6.07) is 6.06. The van der Waals surface area contributed by atoms with Crippen LogP contribution in [0.2, 0.25) is 0 Å². The van der Waals surface area contributed by atoms with Gasteiger partial charge in [-0.3, -0.25) is 0 Å². The molecule has 0 bridgehead atoms. The Labute approximate surface area is 122 Å². The Morgan fingerprint density at radius 3 is 2.65 bits per heavy atom. The molecule has 1 aromatic carbocycles. The molecule has 0 spiro atoms. The van der Waals surface area contributed by atoms with Crippen LogP contribution < -0.4 is 14.8 Å². The van der Waals surface area contributed by atoms with Crippen LogP contribution in [-0.4, -0.2) is 31.5 Å². The number of nitrogens with one attached hydrogen (secondary N) is 1. The molecule has 0 atom stereocenters. The van der Waals surface area contributed by atoms with Crippen LogP contribution in [0, 0.1) is 0 Å². The van der Waals surface area contributed by atoms with Gasteiger partial charge in [0.1, 0.15) is 0 Å². The van der Waals surface area contributed by atoms with Crippen molar-refractivity contribution < 1.29 is 14.6 Å². The Bertz CT molecular complexity index is 369. The highest BCUT2D eigenvalue weighted by atomic mass is 16.5. The fraction of sp³-hybridized carbons (Fsp3) is 0.625. The number of ether oxygens (including phenoxy) is 2. The second-order valence-electron chi connectivity index (χ2n) is 4.67. The molecular weight excluding hydrogens is 254 g/mol. The predicted molar refractivity (Wildman–Crippen MR) is 81.4 cm³/mol. The van der Waals surface area contributed by atoms with Gasteiger partial charge in [-0.15, -0.1) is 0 Å². The summed E-state index contributed by atoms with van der Waals surface area (Å²) in [5.41, 5.74) is 1.20. The first kappa shape index (κ1) is 16.8. The average Bonchev–Trinajstić information content (AvgIpc) is 2.46. The van der Waals surface area contributed by atoms with Crippen molar-refractivity contribution in [3.8, 4) is 11.5 Å². The molecule has 0 heterocycles. The maximum Gasteiger partial charge on any atom is 0.161 e. The molecule has 0 radical (unpaired) electrons. The molecule has 0 aliphatic carbocycles. The lowest BCUT2D eigenvalue weighted by Gasteiger charge is -2.13. The van der Waals surface area contributed by atoms with Gasteiger partial charge in [0.15, 0.2) is 11.5 Å². The lowest BCUT2D eigenvalue weighted by Crippen LogP contribution is -2.14. The molecule has 0 saturated carbocycles. The molecule has 0 aliphatic heterocycles.